The molecule has 0 aliphatic rings. The Morgan fingerprint density at radius 3 is 2.47 bits per heavy atom. The molecular formula is C11H22N4. The van der Waals surface area contributed by atoms with Crippen LogP contribution in [0.15, 0.2) is 0 Å². The lowest BCUT2D eigenvalue weighted by atomic mass is 10.1. The number of rotatable bonds is 5. The molecule has 0 aliphatic carbocycles. The summed E-state index contributed by atoms with van der Waals surface area (Å²) in [6, 6.07) is 0.715. The van der Waals surface area contributed by atoms with Crippen LogP contribution in [0.3, 0.4) is 0 Å². The van der Waals surface area contributed by atoms with Gasteiger partial charge >= 0.3 is 0 Å². The Morgan fingerprint density at radius 1 is 1.27 bits per heavy atom. The highest BCUT2D eigenvalue weighted by atomic mass is 15.3. The molecule has 0 saturated heterocycles. The van der Waals surface area contributed by atoms with Gasteiger partial charge in [-0.3, -0.25) is 0 Å². The zero-order valence-corrected chi connectivity index (χ0v) is 10.2. The van der Waals surface area contributed by atoms with Crippen LogP contribution < -0.4 is 5.73 Å². The van der Waals surface area contributed by atoms with Gasteiger partial charge in [0, 0.05) is 18.5 Å². The van der Waals surface area contributed by atoms with E-state index in [4.69, 9.17) is 5.73 Å². The van der Waals surface area contributed by atoms with Gasteiger partial charge in [0.15, 0.2) is 0 Å². The number of nitrogens with zero attached hydrogens (tertiary/aromatic N) is 3. The standard InChI is InChI=1S/C11H22N4/c1-8(2)15-10(4)13-14-11(15)7-5-6-9(3)12/h8-9H,5-7,12H2,1-4H3. The monoisotopic (exact) mass is 210 g/mol. The third-order valence-corrected chi connectivity index (χ3v) is 2.51. The molecule has 1 aromatic heterocycles. The van der Waals surface area contributed by atoms with Crippen LogP contribution in [0.1, 0.15) is 51.3 Å². The van der Waals surface area contributed by atoms with Gasteiger partial charge in [0.05, 0.1) is 0 Å². The first-order valence-corrected chi connectivity index (χ1v) is 5.68. The van der Waals surface area contributed by atoms with E-state index in [1.165, 1.54) is 0 Å². The van der Waals surface area contributed by atoms with Gasteiger partial charge in [-0.1, -0.05) is 0 Å². The van der Waals surface area contributed by atoms with Gasteiger partial charge in [-0.2, -0.15) is 0 Å². The van der Waals surface area contributed by atoms with Gasteiger partial charge in [-0.25, -0.2) is 0 Å². The van der Waals surface area contributed by atoms with E-state index in [1.54, 1.807) is 0 Å². The van der Waals surface area contributed by atoms with Crippen molar-refractivity contribution in [3.05, 3.63) is 11.6 Å². The SMILES string of the molecule is Cc1nnc(CCCC(C)N)n1C(C)C. The highest BCUT2D eigenvalue weighted by molar-refractivity contribution is 4.96. The van der Waals surface area contributed by atoms with Crippen LogP contribution in [0.25, 0.3) is 0 Å². The molecule has 0 aliphatic heterocycles. The predicted molar refractivity (Wildman–Crippen MR) is 61.7 cm³/mol. The summed E-state index contributed by atoms with van der Waals surface area (Å²) in [7, 11) is 0. The molecule has 0 saturated carbocycles. The fourth-order valence-electron chi connectivity index (χ4n) is 1.84. The molecule has 1 rings (SSSR count). The van der Waals surface area contributed by atoms with E-state index in [2.05, 4.69) is 28.6 Å². The first-order chi connectivity index (χ1) is 7.02. The van der Waals surface area contributed by atoms with Gasteiger partial charge in [-0.05, 0) is 40.5 Å². The minimum atomic E-state index is 0.279. The number of nitrogens with two attached hydrogens (primary N) is 1. The Bertz CT molecular complexity index is 302. The van der Waals surface area contributed by atoms with Crippen LogP contribution >= 0.6 is 0 Å². The lowest BCUT2D eigenvalue weighted by Gasteiger charge is -2.12. The van der Waals surface area contributed by atoms with Gasteiger partial charge in [0.2, 0.25) is 0 Å². The lowest BCUT2D eigenvalue weighted by Crippen LogP contribution is -2.15. The van der Waals surface area contributed by atoms with Crippen molar-refractivity contribution in [2.75, 3.05) is 0 Å². The molecule has 15 heavy (non-hydrogen) atoms. The largest absolute Gasteiger partial charge is 0.328 e. The Balaban J connectivity index is 2.61. The van der Waals surface area contributed by atoms with Crippen LogP contribution in [0.4, 0.5) is 0 Å². The highest BCUT2D eigenvalue weighted by Gasteiger charge is 2.11. The molecule has 1 aromatic rings. The Labute approximate surface area is 91.9 Å². The second-order valence-corrected chi connectivity index (χ2v) is 4.50. The van der Waals surface area contributed by atoms with E-state index in [0.29, 0.717) is 6.04 Å². The molecule has 4 nitrogen and oxygen atoms in total. The van der Waals surface area contributed by atoms with Crippen LogP contribution in [-0.4, -0.2) is 20.8 Å². The Hall–Kier alpha value is -0.900. The summed E-state index contributed by atoms with van der Waals surface area (Å²) in [6.45, 7) is 8.36. The maximum atomic E-state index is 5.72. The summed E-state index contributed by atoms with van der Waals surface area (Å²) in [6.07, 6.45) is 3.10. The summed E-state index contributed by atoms with van der Waals surface area (Å²) in [4.78, 5) is 0. The average molecular weight is 210 g/mol. The van der Waals surface area contributed by atoms with Gasteiger partial charge in [-0.15, -0.1) is 10.2 Å². The minimum Gasteiger partial charge on any atom is -0.328 e. The first-order valence-electron chi connectivity index (χ1n) is 5.68. The van der Waals surface area contributed by atoms with Crippen LogP contribution in [0.5, 0.6) is 0 Å². The molecule has 4 heteroatoms. The van der Waals surface area contributed by atoms with Crippen molar-refractivity contribution in [2.45, 2.75) is 59.0 Å². The normalized spacial score (nSPS) is 13.5. The molecule has 0 aromatic carbocycles. The summed E-state index contributed by atoms with van der Waals surface area (Å²) >= 11 is 0. The zero-order valence-electron chi connectivity index (χ0n) is 10.2. The molecule has 0 fully saturated rings. The predicted octanol–water partition coefficient (Wildman–Crippen LogP) is 1.84. The van der Waals surface area contributed by atoms with E-state index in [0.717, 1.165) is 30.9 Å². The van der Waals surface area contributed by atoms with Crippen molar-refractivity contribution < 1.29 is 0 Å². The number of hydrogen-bond donors (Lipinski definition) is 1. The summed E-state index contributed by atoms with van der Waals surface area (Å²) in [5.74, 6) is 2.09. The number of aromatic nitrogens is 3. The molecule has 0 radical (unpaired) electrons. The van der Waals surface area contributed by atoms with Crippen LogP contribution in [-0.2, 0) is 6.42 Å². The van der Waals surface area contributed by atoms with Crippen molar-refractivity contribution in [3.8, 4) is 0 Å². The minimum absolute atomic E-state index is 0.279. The summed E-state index contributed by atoms with van der Waals surface area (Å²) in [5.41, 5.74) is 5.72. The van der Waals surface area contributed by atoms with Gasteiger partial charge in [0.25, 0.3) is 0 Å². The molecule has 1 heterocycles. The first kappa shape index (κ1) is 12.2. The second-order valence-electron chi connectivity index (χ2n) is 4.50. The molecule has 0 bridgehead atoms. The molecule has 1 unspecified atom stereocenters. The quantitative estimate of drug-likeness (QED) is 0.806. The van der Waals surface area contributed by atoms with Crippen LogP contribution in [0.2, 0.25) is 0 Å². The molecular weight excluding hydrogens is 188 g/mol. The van der Waals surface area contributed by atoms with Crippen molar-refractivity contribution in [1.29, 1.82) is 0 Å². The van der Waals surface area contributed by atoms with Gasteiger partial charge in [0.1, 0.15) is 11.6 Å². The lowest BCUT2D eigenvalue weighted by molar-refractivity contribution is 0.535. The summed E-state index contributed by atoms with van der Waals surface area (Å²) in [5, 5.41) is 8.32. The molecule has 0 amide bonds. The van der Waals surface area contributed by atoms with E-state index in [9.17, 15) is 0 Å². The fourth-order valence-corrected chi connectivity index (χ4v) is 1.84. The Morgan fingerprint density at radius 2 is 1.93 bits per heavy atom. The van der Waals surface area contributed by atoms with E-state index >= 15 is 0 Å². The summed E-state index contributed by atoms with van der Waals surface area (Å²) < 4.78 is 2.20. The van der Waals surface area contributed by atoms with E-state index in [-0.39, 0.29) is 6.04 Å². The molecule has 0 spiro atoms. The van der Waals surface area contributed by atoms with E-state index in [1.807, 2.05) is 13.8 Å². The Kier molecular flexibility index (Phi) is 4.27. The number of hydrogen-bond acceptors (Lipinski definition) is 3. The van der Waals surface area contributed by atoms with Crippen LogP contribution in [0, 0.1) is 6.92 Å². The third kappa shape index (κ3) is 3.30. The molecule has 2 N–H and O–H groups in total. The smallest absolute Gasteiger partial charge is 0.133 e. The highest BCUT2D eigenvalue weighted by Crippen LogP contribution is 2.13. The second kappa shape index (κ2) is 5.26. The topological polar surface area (TPSA) is 56.7 Å². The van der Waals surface area contributed by atoms with Crippen molar-refractivity contribution >= 4 is 0 Å². The average Bonchev–Trinajstić information content (AvgIpc) is 2.46. The molecule has 1 atom stereocenters. The maximum absolute atomic E-state index is 5.72. The number of aryl methyl sites for hydroxylation is 2. The fraction of sp³-hybridized carbons (Fsp3) is 0.818. The van der Waals surface area contributed by atoms with E-state index < -0.39 is 0 Å². The third-order valence-electron chi connectivity index (χ3n) is 2.51. The molecule has 86 valence electrons. The van der Waals surface area contributed by atoms with Crippen molar-refractivity contribution in [1.82, 2.24) is 14.8 Å². The zero-order chi connectivity index (χ0) is 11.4. The van der Waals surface area contributed by atoms with Gasteiger partial charge < -0.3 is 10.3 Å². The maximum Gasteiger partial charge on any atom is 0.133 e. The van der Waals surface area contributed by atoms with Crippen molar-refractivity contribution in [2.24, 2.45) is 5.73 Å². The van der Waals surface area contributed by atoms with Crippen molar-refractivity contribution in [3.63, 3.8) is 0 Å².